The van der Waals surface area contributed by atoms with E-state index in [4.69, 9.17) is 16.3 Å². The standard InChI is InChI=1S/C37H40ClN3O5S/c1-47(44,45)41(32-21-23-34(24-22-32)46-33-15-9-4-10-16-33)27-36(42)40(26-29-17-19-30(38)20-18-29)35(25-28-11-5-2-6-12-28)37(43)39-31-13-7-3-8-14-31/h2,4-6,9-12,15-24,31,35H,3,7-8,13-14,25-27H2,1H3,(H,39,43)/t35-/m0/s1. The number of ether oxygens (including phenoxy) is 1. The molecule has 0 unspecified atom stereocenters. The minimum atomic E-state index is -3.90. The van der Waals surface area contributed by atoms with E-state index < -0.39 is 28.5 Å². The van der Waals surface area contributed by atoms with Crippen molar-refractivity contribution in [3.05, 3.63) is 125 Å². The molecule has 0 spiro atoms. The monoisotopic (exact) mass is 673 g/mol. The molecule has 0 bridgehead atoms. The maximum atomic E-state index is 14.4. The van der Waals surface area contributed by atoms with Crippen molar-refractivity contribution in [3.8, 4) is 11.5 Å². The number of halogens is 1. The van der Waals surface area contributed by atoms with E-state index in [2.05, 4.69) is 5.32 Å². The molecule has 8 nitrogen and oxygen atoms in total. The highest BCUT2D eigenvalue weighted by atomic mass is 35.5. The quantitative estimate of drug-likeness (QED) is 0.165. The van der Waals surface area contributed by atoms with E-state index >= 15 is 0 Å². The van der Waals surface area contributed by atoms with E-state index in [1.165, 1.54) is 4.90 Å². The fraction of sp³-hybridized carbons (Fsp3) is 0.297. The summed E-state index contributed by atoms with van der Waals surface area (Å²) in [6.45, 7) is -0.402. The summed E-state index contributed by atoms with van der Waals surface area (Å²) < 4.78 is 33.2. The van der Waals surface area contributed by atoms with Crippen LogP contribution in [-0.2, 0) is 32.6 Å². The molecule has 4 aromatic rings. The molecule has 0 saturated heterocycles. The van der Waals surface area contributed by atoms with E-state index in [0.717, 1.165) is 53.8 Å². The van der Waals surface area contributed by atoms with E-state index in [0.29, 0.717) is 22.2 Å². The molecule has 1 atom stereocenters. The third kappa shape index (κ3) is 9.83. The first-order valence-corrected chi connectivity index (χ1v) is 18.1. The predicted octanol–water partition coefficient (Wildman–Crippen LogP) is 6.99. The van der Waals surface area contributed by atoms with Crippen molar-refractivity contribution in [2.45, 2.75) is 57.2 Å². The SMILES string of the molecule is CS(=O)(=O)N(CC(=O)N(Cc1ccc(Cl)cc1)[C@@H](Cc1ccccc1)C(=O)NC1CCCCC1)c1ccc(Oc2ccccc2)cc1. The molecule has 0 radical (unpaired) electrons. The molecule has 1 aliphatic rings. The molecule has 5 rings (SSSR count). The smallest absolute Gasteiger partial charge is 0.244 e. The summed E-state index contributed by atoms with van der Waals surface area (Å²) in [5.41, 5.74) is 1.96. The Kier molecular flexibility index (Phi) is 11.6. The first-order chi connectivity index (χ1) is 22.7. The van der Waals surface area contributed by atoms with Crippen LogP contribution in [0.1, 0.15) is 43.2 Å². The van der Waals surface area contributed by atoms with E-state index in [9.17, 15) is 18.0 Å². The van der Waals surface area contributed by atoms with Crippen molar-refractivity contribution in [1.82, 2.24) is 10.2 Å². The molecule has 47 heavy (non-hydrogen) atoms. The summed E-state index contributed by atoms with van der Waals surface area (Å²) in [7, 11) is -3.90. The van der Waals surface area contributed by atoms with Gasteiger partial charge in [-0.05, 0) is 72.5 Å². The summed E-state index contributed by atoms with van der Waals surface area (Å²) in [5, 5.41) is 3.76. The molecule has 4 aromatic carbocycles. The van der Waals surface area contributed by atoms with Crippen LogP contribution in [0.5, 0.6) is 11.5 Å². The van der Waals surface area contributed by atoms with Gasteiger partial charge in [0.15, 0.2) is 0 Å². The molecule has 0 heterocycles. The number of carbonyl (C=O) groups is 2. The molecule has 1 N–H and O–H groups in total. The van der Waals surface area contributed by atoms with Crippen LogP contribution in [0.4, 0.5) is 5.69 Å². The molecule has 1 saturated carbocycles. The fourth-order valence-corrected chi connectivity index (χ4v) is 6.78. The van der Waals surface area contributed by atoms with Gasteiger partial charge in [0.25, 0.3) is 0 Å². The van der Waals surface area contributed by atoms with Crippen LogP contribution in [0.15, 0.2) is 109 Å². The first kappa shape index (κ1) is 34.0. The summed E-state index contributed by atoms with van der Waals surface area (Å²) in [6, 6.07) is 31.5. The maximum absolute atomic E-state index is 14.4. The largest absolute Gasteiger partial charge is 0.457 e. The third-order valence-electron chi connectivity index (χ3n) is 8.27. The number of benzene rings is 4. The van der Waals surface area contributed by atoms with Crippen molar-refractivity contribution in [2.24, 2.45) is 0 Å². The van der Waals surface area contributed by atoms with Crippen molar-refractivity contribution in [2.75, 3.05) is 17.1 Å². The zero-order valence-electron chi connectivity index (χ0n) is 26.4. The highest BCUT2D eigenvalue weighted by Crippen LogP contribution is 2.27. The summed E-state index contributed by atoms with van der Waals surface area (Å²) in [4.78, 5) is 29.9. The van der Waals surface area contributed by atoms with E-state index in [1.54, 1.807) is 48.5 Å². The summed E-state index contributed by atoms with van der Waals surface area (Å²) in [6.07, 6.45) is 6.34. The van der Waals surface area contributed by atoms with E-state index in [-0.39, 0.29) is 24.9 Å². The minimum Gasteiger partial charge on any atom is -0.457 e. The van der Waals surface area contributed by atoms with Gasteiger partial charge in [-0.25, -0.2) is 8.42 Å². The Bertz CT molecular complexity index is 1710. The van der Waals surface area contributed by atoms with Crippen LogP contribution in [0.3, 0.4) is 0 Å². The van der Waals surface area contributed by atoms with Gasteiger partial charge in [0, 0.05) is 24.0 Å². The highest BCUT2D eigenvalue weighted by Gasteiger charge is 2.34. The van der Waals surface area contributed by atoms with Gasteiger partial charge in [0.05, 0.1) is 11.9 Å². The van der Waals surface area contributed by atoms with Gasteiger partial charge in [-0.2, -0.15) is 0 Å². The fourth-order valence-electron chi connectivity index (χ4n) is 5.80. The molecule has 2 amide bonds. The lowest BCUT2D eigenvalue weighted by atomic mass is 9.94. The van der Waals surface area contributed by atoms with Gasteiger partial charge >= 0.3 is 0 Å². The Morgan fingerprint density at radius 2 is 1.40 bits per heavy atom. The van der Waals surface area contributed by atoms with Crippen LogP contribution in [0, 0.1) is 0 Å². The number of hydrogen-bond acceptors (Lipinski definition) is 5. The Morgan fingerprint density at radius 3 is 2.02 bits per heavy atom. The van der Waals surface area contributed by atoms with Crippen LogP contribution in [0.2, 0.25) is 5.02 Å². The van der Waals surface area contributed by atoms with Crippen molar-refractivity contribution in [1.29, 1.82) is 0 Å². The molecule has 10 heteroatoms. The third-order valence-corrected chi connectivity index (χ3v) is 9.66. The number of hydrogen-bond donors (Lipinski definition) is 1. The van der Waals surface area contributed by atoms with Gasteiger partial charge in [-0.1, -0.05) is 91.5 Å². The lowest BCUT2D eigenvalue weighted by Crippen LogP contribution is -2.55. The van der Waals surface area contributed by atoms with Crippen LogP contribution < -0.4 is 14.4 Å². The van der Waals surface area contributed by atoms with Crippen LogP contribution in [-0.4, -0.2) is 50.0 Å². The van der Waals surface area contributed by atoms with Gasteiger partial charge in [-0.3, -0.25) is 13.9 Å². The van der Waals surface area contributed by atoms with Gasteiger partial charge in [-0.15, -0.1) is 0 Å². The summed E-state index contributed by atoms with van der Waals surface area (Å²) >= 11 is 6.16. The lowest BCUT2D eigenvalue weighted by Gasteiger charge is -2.35. The number of amides is 2. The highest BCUT2D eigenvalue weighted by molar-refractivity contribution is 7.92. The molecule has 246 valence electrons. The second kappa shape index (κ2) is 16.0. The number of sulfonamides is 1. The van der Waals surface area contributed by atoms with Crippen molar-refractivity contribution >= 4 is 39.1 Å². The number of nitrogens with one attached hydrogen (secondary N) is 1. The minimum absolute atomic E-state index is 0.0335. The van der Waals surface area contributed by atoms with Crippen LogP contribution >= 0.6 is 11.6 Å². The Balaban J connectivity index is 1.45. The number of nitrogens with zero attached hydrogens (tertiary/aromatic N) is 2. The normalized spacial score (nSPS) is 14.2. The Hall–Kier alpha value is -4.34. The number of anilines is 1. The predicted molar refractivity (Wildman–Crippen MR) is 186 cm³/mol. The molecular formula is C37H40ClN3O5S. The number of para-hydroxylation sites is 1. The zero-order valence-corrected chi connectivity index (χ0v) is 28.0. The second-order valence-corrected chi connectivity index (χ2v) is 14.2. The van der Waals surface area contributed by atoms with Gasteiger partial charge in [0.2, 0.25) is 21.8 Å². The van der Waals surface area contributed by atoms with Crippen molar-refractivity contribution < 1.29 is 22.7 Å². The molecule has 1 aliphatic carbocycles. The van der Waals surface area contributed by atoms with E-state index in [1.807, 2.05) is 60.7 Å². The van der Waals surface area contributed by atoms with Gasteiger partial charge < -0.3 is 15.0 Å². The Morgan fingerprint density at radius 1 is 0.809 bits per heavy atom. The molecule has 0 aliphatic heterocycles. The lowest BCUT2D eigenvalue weighted by molar-refractivity contribution is -0.140. The first-order valence-electron chi connectivity index (χ1n) is 15.8. The topological polar surface area (TPSA) is 96.0 Å². The van der Waals surface area contributed by atoms with Gasteiger partial charge in [0.1, 0.15) is 24.1 Å². The van der Waals surface area contributed by atoms with Crippen LogP contribution in [0.25, 0.3) is 0 Å². The second-order valence-electron chi connectivity index (χ2n) is 11.9. The maximum Gasteiger partial charge on any atom is 0.244 e. The average Bonchev–Trinajstić information content (AvgIpc) is 3.07. The number of carbonyl (C=O) groups excluding carboxylic acids is 2. The number of rotatable bonds is 13. The zero-order chi connectivity index (χ0) is 33.2. The summed E-state index contributed by atoms with van der Waals surface area (Å²) in [5.74, 6) is 0.404. The Labute approximate surface area is 282 Å². The molecule has 1 fully saturated rings. The molecule has 0 aromatic heterocycles. The van der Waals surface area contributed by atoms with Crippen molar-refractivity contribution in [3.63, 3.8) is 0 Å². The molecular weight excluding hydrogens is 634 g/mol. The average molecular weight is 674 g/mol.